The monoisotopic (exact) mass is 376 g/mol. The highest BCUT2D eigenvalue weighted by molar-refractivity contribution is 6.09. The van der Waals surface area contributed by atoms with Crippen LogP contribution in [0.2, 0.25) is 0 Å². The minimum atomic E-state index is -4.93. The first-order chi connectivity index (χ1) is 12.7. The second-order valence-electron chi connectivity index (χ2n) is 6.79. The van der Waals surface area contributed by atoms with Crippen LogP contribution in [0.15, 0.2) is 42.5 Å². The van der Waals surface area contributed by atoms with Crippen LogP contribution < -0.4 is 0 Å². The maximum atomic E-state index is 13.3. The van der Waals surface area contributed by atoms with E-state index < -0.39 is 36.4 Å². The number of hydrogen-bond donors (Lipinski definition) is 2. The molecule has 0 bridgehead atoms. The van der Waals surface area contributed by atoms with Crippen LogP contribution in [0.3, 0.4) is 0 Å². The number of amides is 1. The van der Waals surface area contributed by atoms with Gasteiger partial charge in [-0.15, -0.1) is 0 Å². The highest BCUT2D eigenvalue weighted by atomic mass is 19.4. The number of alkyl halides is 3. The number of carboxylic acids is 1. The number of carbonyl (C=O) groups is 2. The number of aliphatic carboxylic acids is 1. The van der Waals surface area contributed by atoms with Gasteiger partial charge in [0.1, 0.15) is 5.69 Å². The lowest BCUT2D eigenvalue weighted by Gasteiger charge is -2.27. The Hall–Kier alpha value is -3.03. The van der Waals surface area contributed by atoms with Crippen molar-refractivity contribution in [3.63, 3.8) is 0 Å². The van der Waals surface area contributed by atoms with Gasteiger partial charge in [-0.3, -0.25) is 9.59 Å². The van der Waals surface area contributed by atoms with E-state index in [1.165, 1.54) is 0 Å². The maximum absolute atomic E-state index is 13.3. The molecule has 0 radical (unpaired) electrons. The van der Waals surface area contributed by atoms with Gasteiger partial charge in [0.2, 0.25) is 0 Å². The van der Waals surface area contributed by atoms with Crippen molar-refractivity contribution >= 4 is 33.6 Å². The molecule has 27 heavy (non-hydrogen) atoms. The van der Waals surface area contributed by atoms with Crippen LogP contribution in [-0.4, -0.2) is 46.1 Å². The zero-order valence-electron chi connectivity index (χ0n) is 14.0. The number of rotatable bonds is 2. The van der Waals surface area contributed by atoms with Crippen LogP contribution in [0.1, 0.15) is 16.9 Å². The Morgan fingerprint density at radius 2 is 1.85 bits per heavy atom. The third-order valence-corrected chi connectivity index (χ3v) is 5.27. The highest BCUT2D eigenvalue weighted by Crippen LogP contribution is 2.46. The lowest BCUT2D eigenvalue weighted by Crippen LogP contribution is -2.47. The van der Waals surface area contributed by atoms with E-state index in [1.54, 1.807) is 12.1 Å². The molecule has 5 nitrogen and oxygen atoms in total. The van der Waals surface area contributed by atoms with Crippen molar-refractivity contribution < 1.29 is 27.9 Å². The number of nitrogens with one attached hydrogen (secondary N) is 1. The van der Waals surface area contributed by atoms with E-state index in [9.17, 15) is 22.8 Å². The summed E-state index contributed by atoms with van der Waals surface area (Å²) in [5.41, 5.74) is -2.08. The quantitative estimate of drug-likeness (QED) is 0.715. The zero-order chi connectivity index (χ0) is 19.4. The van der Waals surface area contributed by atoms with E-state index in [0.29, 0.717) is 5.52 Å². The van der Waals surface area contributed by atoms with Gasteiger partial charge in [0.25, 0.3) is 5.91 Å². The standard InChI is InChI=1S/C19H15F3N2O3/c20-19(21,22)18(17(26)27)7-8-24(10-18)16(25)15-9-13-12-4-2-1-3-11(12)5-6-14(13)23-15/h1-6,9,23H,7-8,10H2,(H,26,27). The molecule has 1 fully saturated rings. The Labute approximate surface area is 151 Å². The Morgan fingerprint density at radius 3 is 2.52 bits per heavy atom. The van der Waals surface area contributed by atoms with Gasteiger partial charge in [0, 0.05) is 24.0 Å². The van der Waals surface area contributed by atoms with E-state index in [2.05, 4.69) is 4.98 Å². The largest absolute Gasteiger partial charge is 0.481 e. The number of benzene rings is 2. The number of aromatic nitrogens is 1. The van der Waals surface area contributed by atoms with Crippen molar-refractivity contribution in [2.75, 3.05) is 13.1 Å². The number of carbonyl (C=O) groups excluding carboxylic acids is 1. The van der Waals surface area contributed by atoms with Gasteiger partial charge < -0.3 is 15.0 Å². The number of carboxylic acid groups (broad SMARTS) is 1. The van der Waals surface area contributed by atoms with Crippen molar-refractivity contribution in [1.82, 2.24) is 9.88 Å². The lowest BCUT2D eigenvalue weighted by molar-refractivity contribution is -0.227. The number of fused-ring (bicyclic) bond motifs is 3. The van der Waals surface area contributed by atoms with Gasteiger partial charge in [-0.2, -0.15) is 13.2 Å². The third kappa shape index (κ3) is 2.55. The number of aromatic amines is 1. The van der Waals surface area contributed by atoms with E-state index in [4.69, 9.17) is 5.11 Å². The minimum absolute atomic E-state index is 0.143. The molecule has 2 N–H and O–H groups in total. The van der Waals surface area contributed by atoms with Gasteiger partial charge in [-0.1, -0.05) is 30.3 Å². The summed E-state index contributed by atoms with van der Waals surface area (Å²) >= 11 is 0. The van der Waals surface area contributed by atoms with Crippen LogP contribution in [-0.2, 0) is 4.79 Å². The first-order valence-electron chi connectivity index (χ1n) is 8.33. The molecule has 1 saturated heterocycles. The molecular formula is C19H15F3N2O3. The van der Waals surface area contributed by atoms with Gasteiger partial charge in [-0.25, -0.2) is 0 Å². The molecule has 1 aromatic heterocycles. The van der Waals surface area contributed by atoms with Crippen molar-refractivity contribution in [1.29, 1.82) is 0 Å². The number of H-pyrrole nitrogens is 1. The third-order valence-electron chi connectivity index (χ3n) is 5.27. The summed E-state index contributed by atoms with van der Waals surface area (Å²) < 4.78 is 40.0. The Balaban J connectivity index is 1.70. The molecule has 2 heterocycles. The second-order valence-corrected chi connectivity index (χ2v) is 6.79. The van der Waals surface area contributed by atoms with Crippen molar-refractivity contribution in [2.45, 2.75) is 12.6 Å². The topological polar surface area (TPSA) is 73.4 Å². The van der Waals surface area contributed by atoms with Gasteiger partial charge in [0.05, 0.1) is 0 Å². The van der Waals surface area contributed by atoms with E-state index in [1.807, 2.05) is 30.3 Å². The molecule has 0 spiro atoms. The van der Waals surface area contributed by atoms with E-state index in [0.717, 1.165) is 21.1 Å². The molecule has 0 saturated carbocycles. The molecule has 1 aliphatic rings. The van der Waals surface area contributed by atoms with E-state index in [-0.39, 0.29) is 12.2 Å². The predicted octanol–water partition coefficient (Wildman–Crippen LogP) is 3.80. The Bertz CT molecular complexity index is 1070. The summed E-state index contributed by atoms with van der Waals surface area (Å²) in [5, 5.41) is 11.8. The number of nitrogens with zero attached hydrogens (tertiary/aromatic N) is 1. The minimum Gasteiger partial charge on any atom is -0.481 e. The summed E-state index contributed by atoms with van der Waals surface area (Å²) in [6.07, 6.45) is -5.58. The molecule has 140 valence electrons. The zero-order valence-corrected chi connectivity index (χ0v) is 14.0. The number of likely N-dealkylation sites (tertiary alicyclic amines) is 1. The van der Waals surface area contributed by atoms with Crippen LogP contribution in [0.25, 0.3) is 21.7 Å². The van der Waals surface area contributed by atoms with Crippen molar-refractivity contribution in [3.05, 3.63) is 48.2 Å². The molecule has 3 aromatic rings. The normalized spacial score (nSPS) is 20.5. The molecule has 0 aliphatic carbocycles. The SMILES string of the molecule is O=C(c1cc2c(ccc3ccccc32)[nH]1)N1CCC(C(=O)O)(C(F)(F)F)C1. The molecule has 1 aliphatic heterocycles. The average Bonchev–Trinajstić information content (AvgIpc) is 3.26. The van der Waals surface area contributed by atoms with Gasteiger partial charge >= 0.3 is 12.1 Å². The Kier molecular flexibility index (Phi) is 3.69. The molecule has 4 rings (SSSR count). The second kappa shape index (κ2) is 5.73. The Morgan fingerprint density at radius 1 is 1.11 bits per heavy atom. The number of hydrogen-bond acceptors (Lipinski definition) is 2. The summed E-state index contributed by atoms with van der Waals surface area (Å²) in [7, 11) is 0. The van der Waals surface area contributed by atoms with Gasteiger partial charge in [-0.05, 0) is 29.3 Å². The number of halogens is 3. The summed E-state index contributed by atoms with van der Waals surface area (Å²) in [6, 6.07) is 12.9. The fourth-order valence-corrected chi connectivity index (χ4v) is 3.68. The van der Waals surface area contributed by atoms with Gasteiger partial charge in [0.15, 0.2) is 5.41 Å². The first-order valence-corrected chi connectivity index (χ1v) is 8.33. The van der Waals surface area contributed by atoms with Crippen molar-refractivity contribution in [2.24, 2.45) is 5.41 Å². The van der Waals surface area contributed by atoms with E-state index >= 15 is 0 Å². The summed E-state index contributed by atoms with van der Waals surface area (Å²) in [6.45, 7) is -1.15. The summed E-state index contributed by atoms with van der Waals surface area (Å²) in [4.78, 5) is 27.9. The van der Waals surface area contributed by atoms with Crippen LogP contribution >= 0.6 is 0 Å². The van der Waals surface area contributed by atoms with Crippen LogP contribution in [0.5, 0.6) is 0 Å². The smallest absolute Gasteiger partial charge is 0.406 e. The maximum Gasteiger partial charge on any atom is 0.406 e. The fraction of sp³-hybridized carbons (Fsp3) is 0.263. The molecule has 1 atom stereocenters. The molecule has 2 aromatic carbocycles. The molecule has 1 amide bonds. The average molecular weight is 376 g/mol. The summed E-state index contributed by atoms with van der Waals surface area (Å²) in [5.74, 6) is -2.59. The van der Waals surface area contributed by atoms with Crippen molar-refractivity contribution in [3.8, 4) is 0 Å². The molecular weight excluding hydrogens is 361 g/mol. The van der Waals surface area contributed by atoms with Crippen LogP contribution in [0.4, 0.5) is 13.2 Å². The molecule has 8 heteroatoms. The highest BCUT2D eigenvalue weighted by Gasteiger charge is 2.64. The lowest BCUT2D eigenvalue weighted by atomic mass is 9.86. The van der Waals surface area contributed by atoms with Crippen LogP contribution in [0, 0.1) is 5.41 Å². The first kappa shape index (κ1) is 17.4. The molecule has 1 unspecified atom stereocenters. The fourth-order valence-electron chi connectivity index (χ4n) is 3.68. The predicted molar refractivity (Wildman–Crippen MR) is 92.4 cm³/mol.